The number of aliphatic hydroxyl groups excluding tert-OH is 1. The molecule has 0 atom stereocenters. The van der Waals surface area contributed by atoms with Crippen LogP contribution in [0.3, 0.4) is 0 Å². The van der Waals surface area contributed by atoms with Crippen molar-refractivity contribution in [1.29, 1.82) is 0 Å². The Morgan fingerprint density at radius 2 is 1.91 bits per heavy atom. The van der Waals surface area contributed by atoms with Gasteiger partial charge in [0.1, 0.15) is 0 Å². The molecule has 0 saturated carbocycles. The van der Waals surface area contributed by atoms with E-state index in [1.165, 1.54) is 6.42 Å². The SMILES string of the molecule is CC[CH]C(O)(O)CCCCO. The second-order valence-corrected chi connectivity index (χ2v) is 2.67. The van der Waals surface area contributed by atoms with E-state index < -0.39 is 5.79 Å². The first kappa shape index (κ1) is 10.9. The molecule has 0 saturated heterocycles. The third-order valence-electron chi connectivity index (χ3n) is 1.48. The number of hydrogen-bond donors (Lipinski definition) is 3. The molecule has 3 heteroatoms. The number of rotatable bonds is 6. The van der Waals surface area contributed by atoms with Crippen LogP contribution in [-0.2, 0) is 0 Å². The lowest BCUT2D eigenvalue weighted by Crippen LogP contribution is -2.28. The Hall–Kier alpha value is -0.120. The molecule has 0 aromatic carbocycles. The van der Waals surface area contributed by atoms with Crippen molar-refractivity contribution in [3.63, 3.8) is 0 Å². The van der Waals surface area contributed by atoms with Gasteiger partial charge in [-0.3, -0.25) is 0 Å². The van der Waals surface area contributed by atoms with E-state index in [2.05, 4.69) is 0 Å². The Morgan fingerprint density at radius 1 is 1.27 bits per heavy atom. The minimum Gasteiger partial charge on any atom is -0.396 e. The monoisotopic (exact) mass is 161 g/mol. The van der Waals surface area contributed by atoms with Gasteiger partial charge >= 0.3 is 0 Å². The molecule has 0 aliphatic heterocycles. The fraction of sp³-hybridized carbons (Fsp3) is 0.875. The van der Waals surface area contributed by atoms with Crippen molar-refractivity contribution in [3.8, 4) is 0 Å². The highest BCUT2D eigenvalue weighted by Gasteiger charge is 2.20. The van der Waals surface area contributed by atoms with Gasteiger partial charge in [0.15, 0.2) is 5.79 Å². The van der Waals surface area contributed by atoms with Gasteiger partial charge in [-0.05, 0) is 19.3 Å². The molecule has 0 amide bonds. The van der Waals surface area contributed by atoms with E-state index in [0.29, 0.717) is 25.7 Å². The number of aliphatic hydroxyl groups is 3. The maximum atomic E-state index is 9.16. The lowest BCUT2D eigenvalue weighted by atomic mass is 10.0. The maximum Gasteiger partial charge on any atom is 0.165 e. The van der Waals surface area contributed by atoms with Crippen LogP contribution >= 0.6 is 0 Å². The molecule has 0 aromatic rings. The lowest BCUT2D eigenvalue weighted by Gasteiger charge is -2.19. The Kier molecular flexibility index (Phi) is 5.46. The van der Waals surface area contributed by atoms with Crippen molar-refractivity contribution in [2.45, 2.75) is 38.4 Å². The zero-order valence-corrected chi connectivity index (χ0v) is 6.95. The molecule has 0 unspecified atom stereocenters. The highest BCUT2D eigenvalue weighted by atomic mass is 16.5. The third-order valence-corrected chi connectivity index (χ3v) is 1.48. The molecule has 3 N–H and O–H groups in total. The number of hydrogen-bond acceptors (Lipinski definition) is 3. The molecule has 0 aliphatic rings. The Labute approximate surface area is 67.7 Å². The van der Waals surface area contributed by atoms with Crippen molar-refractivity contribution in [1.82, 2.24) is 0 Å². The molecule has 67 valence electrons. The molecular formula is C8H17O3. The van der Waals surface area contributed by atoms with E-state index in [0.717, 1.165) is 0 Å². The van der Waals surface area contributed by atoms with Gasteiger partial charge in [0, 0.05) is 19.4 Å². The molecule has 0 aliphatic carbocycles. The van der Waals surface area contributed by atoms with Crippen LogP contribution in [0.15, 0.2) is 0 Å². The minimum absolute atomic E-state index is 0.113. The second kappa shape index (κ2) is 5.52. The fourth-order valence-corrected chi connectivity index (χ4v) is 0.926. The molecular weight excluding hydrogens is 144 g/mol. The first-order valence-corrected chi connectivity index (χ1v) is 4.02. The van der Waals surface area contributed by atoms with Crippen LogP contribution in [0.25, 0.3) is 0 Å². The van der Waals surface area contributed by atoms with Crippen molar-refractivity contribution >= 4 is 0 Å². The predicted octanol–water partition coefficient (Wildman–Crippen LogP) is 0.444. The molecule has 3 nitrogen and oxygen atoms in total. The molecule has 0 spiro atoms. The first-order valence-electron chi connectivity index (χ1n) is 4.02. The summed E-state index contributed by atoms with van der Waals surface area (Å²) in [6, 6.07) is 0. The summed E-state index contributed by atoms with van der Waals surface area (Å²) in [7, 11) is 0. The van der Waals surface area contributed by atoms with Crippen LogP contribution < -0.4 is 0 Å². The fourth-order valence-electron chi connectivity index (χ4n) is 0.926. The molecule has 0 bridgehead atoms. The van der Waals surface area contributed by atoms with Crippen LogP contribution in [0.4, 0.5) is 0 Å². The van der Waals surface area contributed by atoms with Gasteiger partial charge in [-0.15, -0.1) is 0 Å². The van der Waals surface area contributed by atoms with Crippen molar-refractivity contribution in [2.75, 3.05) is 6.61 Å². The van der Waals surface area contributed by atoms with E-state index in [4.69, 9.17) is 15.3 Å². The van der Waals surface area contributed by atoms with E-state index >= 15 is 0 Å². The van der Waals surface area contributed by atoms with Crippen LogP contribution in [-0.4, -0.2) is 27.7 Å². The summed E-state index contributed by atoms with van der Waals surface area (Å²) in [4.78, 5) is 0. The zero-order chi connectivity index (χ0) is 8.74. The Bertz CT molecular complexity index is 91.3. The van der Waals surface area contributed by atoms with Crippen molar-refractivity contribution in [3.05, 3.63) is 6.42 Å². The van der Waals surface area contributed by atoms with Crippen molar-refractivity contribution < 1.29 is 15.3 Å². The topological polar surface area (TPSA) is 60.7 Å². The van der Waals surface area contributed by atoms with Gasteiger partial charge in [-0.25, -0.2) is 0 Å². The largest absolute Gasteiger partial charge is 0.396 e. The summed E-state index contributed by atoms with van der Waals surface area (Å²) in [6.45, 7) is 1.97. The summed E-state index contributed by atoms with van der Waals surface area (Å²) < 4.78 is 0. The van der Waals surface area contributed by atoms with E-state index in [-0.39, 0.29) is 6.61 Å². The van der Waals surface area contributed by atoms with Crippen LogP contribution in [0.1, 0.15) is 32.6 Å². The lowest BCUT2D eigenvalue weighted by molar-refractivity contribution is -0.139. The normalized spacial score (nSPS) is 12.0. The van der Waals surface area contributed by atoms with Crippen molar-refractivity contribution in [2.24, 2.45) is 0 Å². The molecule has 0 fully saturated rings. The Balaban J connectivity index is 3.38. The molecule has 0 aromatic heterocycles. The quantitative estimate of drug-likeness (QED) is 0.391. The van der Waals surface area contributed by atoms with Crippen LogP contribution in [0.5, 0.6) is 0 Å². The van der Waals surface area contributed by atoms with Crippen LogP contribution in [0.2, 0.25) is 0 Å². The molecule has 1 radical (unpaired) electrons. The van der Waals surface area contributed by atoms with Gasteiger partial charge in [0.2, 0.25) is 0 Å². The first-order chi connectivity index (χ1) is 5.12. The maximum absolute atomic E-state index is 9.16. The summed E-state index contributed by atoms with van der Waals surface area (Å²) in [6.07, 6.45) is 3.68. The van der Waals surface area contributed by atoms with E-state index in [9.17, 15) is 0 Å². The highest BCUT2D eigenvalue weighted by Crippen LogP contribution is 2.15. The molecule has 0 rings (SSSR count). The summed E-state index contributed by atoms with van der Waals surface area (Å²) >= 11 is 0. The minimum atomic E-state index is -1.63. The standard InChI is InChI=1S/C8H17O3/c1-2-5-8(10,11)6-3-4-7-9/h5,9-11H,2-4,6-7H2,1H3. The number of unbranched alkanes of at least 4 members (excludes halogenated alkanes) is 1. The van der Waals surface area contributed by atoms with Crippen LogP contribution in [0, 0.1) is 6.42 Å². The third kappa shape index (κ3) is 6.28. The van der Waals surface area contributed by atoms with Gasteiger partial charge in [0.05, 0.1) is 0 Å². The van der Waals surface area contributed by atoms with Gasteiger partial charge < -0.3 is 15.3 Å². The zero-order valence-electron chi connectivity index (χ0n) is 6.95. The average Bonchev–Trinajstić information content (AvgIpc) is 1.87. The van der Waals surface area contributed by atoms with Gasteiger partial charge in [-0.2, -0.15) is 0 Å². The smallest absolute Gasteiger partial charge is 0.165 e. The average molecular weight is 161 g/mol. The summed E-state index contributed by atoms with van der Waals surface area (Å²) in [5.74, 6) is -1.63. The summed E-state index contributed by atoms with van der Waals surface area (Å²) in [5, 5.41) is 26.7. The Morgan fingerprint density at radius 3 is 2.36 bits per heavy atom. The molecule has 0 heterocycles. The predicted molar refractivity (Wildman–Crippen MR) is 42.7 cm³/mol. The highest BCUT2D eigenvalue weighted by molar-refractivity contribution is 4.80. The van der Waals surface area contributed by atoms with Gasteiger partial charge in [0.25, 0.3) is 0 Å². The summed E-state index contributed by atoms with van der Waals surface area (Å²) in [5.41, 5.74) is 0. The van der Waals surface area contributed by atoms with E-state index in [1.807, 2.05) is 6.92 Å². The van der Waals surface area contributed by atoms with Gasteiger partial charge in [-0.1, -0.05) is 6.92 Å². The van der Waals surface area contributed by atoms with E-state index in [1.54, 1.807) is 0 Å². The second-order valence-electron chi connectivity index (χ2n) is 2.67. The molecule has 11 heavy (non-hydrogen) atoms.